The number of benzene rings is 1. The molecule has 0 aromatic heterocycles. The maximum absolute atomic E-state index is 5.84. The minimum atomic E-state index is 0.485. The Balaban J connectivity index is 2.82. The summed E-state index contributed by atoms with van der Waals surface area (Å²) in [4.78, 5) is 7.21. The predicted molar refractivity (Wildman–Crippen MR) is 73.8 cm³/mol. The van der Waals surface area contributed by atoms with Crippen LogP contribution in [0.5, 0.6) is 0 Å². The van der Waals surface area contributed by atoms with Crippen molar-refractivity contribution in [1.29, 1.82) is 0 Å². The number of nitrogens with zero attached hydrogens (tertiary/aromatic N) is 2. The van der Waals surface area contributed by atoms with Crippen LogP contribution in [0.4, 0.5) is 5.69 Å². The van der Waals surface area contributed by atoms with Gasteiger partial charge < -0.3 is 10.6 Å². The third kappa shape index (κ3) is 3.61. The smallest absolute Gasteiger partial charge is 0.195 e. The summed E-state index contributed by atoms with van der Waals surface area (Å²) < 4.78 is 0. The molecule has 0 bridgehead atoms. The number of halogens is 1. The molecule has 0 saturated carbocycles. The molecule has 1 aromatic carbocycles. The topological polar surface area (TPSA) is 41.6 Å². The minimum Gasteiger partial charge on any atom is -0.370 e. The number of nitrogens with two attached hydrogens (primary N) is 1. The Labute approximate surface area is 106 Å². The Morgan fingerprint density at radius 2 is 2.31 bits per heavy atom. The van der Waals surface area contributed by atoms with Crippen LogP contribution in [0.2, 0.25) is 0 Å². The molecule has 1 aromatic rings. The van der Waals surface area contributed by atoms with Crippen molar-refractivity contribution >= 4 is 35.0 Å². The summed E-state index contributed by atoms with van der Waals surface area (Å²) in [5, 5.41) is 0. The van der Waals surface area contributed by atoms with Gasteiger partial charge in [-0.25, -0.2) is 0 Å². The average Bonchev–Trinajstić information content (AvgIpc) is 2.35. The Hall–Kier alpha value is -0.870. The lowest BCUT2D eigenvalue weighted by Crippen LogP contribution is -2.34. The molecule has 0 aliphatic carbocycles. The van der Waals surface area contributed by atoms with Crippen LogP contribution in [-0.4, -0.2) is 31.7 Å². The third-order valence-corrected chi connectivity index (χ3v) is 3.04. The molecule has 3 nitrogen and oxygen atoms in total. The monoisotopic (exact) mass is 257 g/mol. The molecule has 0 fully saturated rings. The summed E-state index contributed by atoms with van der Waals surface area (Å²) in [5.74, 6) is 0.971. The molecule has 0 saturated heterocycles. The van der Waals surface area contributed by atoms with Crippen LogP contribution in [0.3, 0.4) is 0 Å². The summed E-state index contributed by atoms with van der Waals surface area (Å²) in [6.45, 7) is 0.542. The molecular formula is C11H16ClN3S. The molecule has 2 N–H and O–H groups in total. The van der Waals surface area contributed by atoms with E-state index in [1.54, 1.807) is 11.8 Å². The molecule has 0 heterocycles. The molecule has 0 aliphatic heterocycles. The second-order valence-electron chi connectivity index (χ2n) is 3.19. The van der Waals surface area contributed by atoms with Crippen molar-refractivity contribution in [3.8, 4) is 0 Å². The van der Waals surface area contributed by atoms with Crippen molar-refractivity contribution in [2.45, 2.75) is 4.90 Å². The van der Waals surface area contributed by atoms with E-state index >= 15 is 0 Å². The summed E-state index contributed by atoms with van der Waals surface area (Å²) >= 11 is 7.26. The molecule has 0 amide bonds. The number of hydrogen-bond acceptors (Lipinski definition) is 2. The number of guanidine groups is 1. The van der Waals surface area contributed by atoms with E-state index in [4.69, 9.17) is 17.3 Å². The van der Waals surface area contributed by atoms with Crippen molar-refractivity contribution in [1.82, 2.24) is 0 Å². The highest BCUT2D eigenvalue weighted by Gasteiger charge is 2.04. The molecule has 0 spiro atoms. The normalized spacial score (nSPS) is 11.6. The fourth-order valence-electron chi connectivity index (χ4n) is 1.21. The third-order valence-electron chi connectivity index (χ3n) is 2.14. The summed E-state index contributed by atoms with van der Waals surface area (Å²) in [6, 6.07) is 8.15. The van der Waals surface area contributed by atoms with Crippen LogP contribution >= 0.6 is 23.4 Å². The molecule has 0 atom stereocenters. The first-order valence-corrected chi connectivity index (χ1v) is 6.68. The van der Waals surface area contributed by atoms with Crippen LogP contribution in [0.1, 0.15) is 0 Å². The second kappa shape index (κ2) is 6.66. The lowest BCUT2D eigenvalue weighted by molar-refractivity contribution is 1.09. The Bertz CT molecular complexity index is 368. The van der Waals surface area contributed by atoms with Gasteiger partial charge in [0, 0.05) is 23.5 Å². The van der Waals surface area contributed by atoms with Gasteiger partial charge in [-0.1, -0.05) is 6.07 Å². The second-order valence-corrected chi connectivity index (χ2v) is 4.45. The van der Waals surface area contributed by atoms with Gasteiger partial charge in [0.25, 0.3) is 0 Å². The van der Waals surface area contributed by atoms with Crippen LogP contribution in [-0.2, 0) is 0 Å². The molecule has 0 radical (unpaired) electrons. The van der Waals surface area contributed by atoms with Crippen LogP contribution < -0.4 is 10.6 Å². The van der Waals surface area contributed by atoms with Gasteiger partial charge in [0.2, 0.25) is 0 Å². The lowest BCUT2D eigenvalue weighted by Gasteiger charge is -2.18. The number of rotatable bonds is 4. The highest BCUT2D eigenvalue weighted by Crippen LogP contribution is 2.21. The fraction of sp³-hybridized carbons (Fsp3) is 0.364. The van der Waals surface area contributed by atoms with E-state index in [1.807, 2.05) is 30.3 Å². The first-order valence-electron chi connectivity index (χ1n) is 4.92. The van der Waals surface area contributed by atoms with E-state index in [9.17, 15) is 0 Å². The molecule has 5 heteroatoms. The van der Waals surface area contributed by atoms with Gasteiger partial charge in [-0.05, 0) is 24.5 Å². The highest BCUT2D eigenvalue weighted by molar-refractivity contribution is 7.98. The Morgan fingerprint density at radius 1 is 1.56 bits per heavy atom. The van der Waals surface area contributed by atoms with Crippen molar-refractivity contribution in [2.75, 3.05) is 30.6 Å². The van der Waals surface area contributed by atoms with Crippen molar-refractivity contribution in [3.63, 3.8) is 0 Å². The number of anilines is 1. The van der Waals surface area contributed by atoms with E-state index in [1.165, 1.54) is 4.90 Å². The van der Waals surface area contributed by atoms with Crippen LogP contribution in [0.15, 0.2) is 34.2 Å². The standard InChI is InChI=1S/C11H16ClN3S/c1-15(11(13)14-7-6-12)9-4-3-5-10(8-9)16-2/h3-5,8H,6-7H2,1-2H3,(H2,13,14). The zero-order chi connectivity index (χ0) is 12.0. The van der Waals surface area contributed by atoms with Crippen LogP contribution in [0, 0.1) is 0 Å². The highest BCUT2D eigenvalue weighted by atomic mass is 35.5. The molecular weight excluding hydrogens is 242 g/mol. The van der Waals surface area contributed by atoms with Crippen molar-refractivity contribution in [2.24, 2.45) is 10.7 Å². The zero-order valence-corrected chi connectivity index (χ0v) is 11.1. The number of hydrogen-bond donors (Lipinski definition) is 1. The number of alkyl halides is 1. The number of thioether (sulfide) groups is 1. The van der Waals surface area contributed by atoms with E-state index in [2.05, 4.69) is 17.1 Å². The van der Waals surface area contributed by atoms with E-state index in [0.717, 1.165) is 5.69 Å². The molecule has 0 aliphatic rings. The van der Waals surface area contributed by atoms with E-state index in [-0.39, 0.29) is 0 Å². The Kier molecular flexibility index (Phi) is 5.49. The molecule has 88 valence electrons. The molecule has 0 unspecified atom stereocenters. The van der Waals surface area contributed by atoms with Gasteiger partial charge in [0.05, 0.1) is 6.54 Å². The number of aliphatic imine (C=N–C) groups is 1. The van der Waals surface area contributed by atoms with Gasteiger partial charge in [-0.15, -0.1) is 23.4 Å². The van der Waals surface area contributed by atoms with Crippen LogP contribution in [0.25, 0.3) is 0 Å². The van der Waals surface area contributed by atoms with Gasteiger partial charge in [0.15, 0.2) is 5.96 Å². The average molecular weight is 258 g/mol. The van der Waals surface area contributed by atoms with E-state index in [0.29, 0.717) is 18.4 Å². The summed E-state index contributed by atoms with van der Waals surface area (Å²) in [5.41, 5.74) is 6.87. The lowest BCUT2D eigenvalue weighted by atomic mass is 10.3. The molecule has 16 heavy (non-hydrogen) atoms. The minimum absolute atomic E-state index is 0.485. The first-order chi connectivity index (χ1) is 7.69. The van der Waals surface area contributed by atoms with Gasteiger partial charge in [-0.2, -0.15) is 0 Å². The zero-order valence-electron chi connectivity index (χ0n) is 9.48. The fourth-order valence-corrected chi connectivity index (χ4v) is 1.75. The van der Waals surface area contributed by atoms with Gasteiger partial charge in [-0.3, -0.25) is 4.99 Å². The van der Waals surface area contributed by atoms with E-state index < -0.39 is 0 Å². The quantitative estimate of drug-likeness (QED) is 0.390. The van der Waals surface area contributed by atoms with Gasteiger partial charge >= 0.3 is 0 Å². The molecule has 1 rings (SSSR count). The maximum atomic E-state index is 5.84. The Morgan fingerprint density at radius 3 is 2.94 bits per heavy atom. The van der Waals surface area contributed by atoms with Crippen molar-refractivity contribution in [3.05, 3.63) is 24.3 Å². The van der Waals surface area contributed by atoms with Crippen molar-refractivity contribution < 1.29 is 0 Å². The maximum Gasteiger partial charge on any atom is 0.195 e. The first kappa shape index (κ1) is 13.2. The summed E-state index contributed by atoms with van der Waals surface area (Å²) in [6.07, 6.45) is 2.05. The summed E-state index contributed by atoms with van der Waals surface area (Å²) in [7, 11) is 1.90. The SMILES string of the molecule is CSc1cccc(N(C)C(N)=NCCCl)c1. The van der Waals surface area contributed by atoms with Gasteiger partial charge in [0.1, 0.15) is 0 Å². The predicted octanol–water partition coefficient (Wildman–Crippen LogP) is 2.40. The largest absolute Gasteiger partial charge is 0.370 e.